The monoisotopic (exact) mass is 486 g/mol. The molecule has 4 atom stereocenters. The van der Waals surface area contributed by atoms with Crippen molar-refractivity contribution in [3.8, 4) is 5.88 Å². The van der Waals surface area contributed by atoms with Crippen molar-refractivity contribution in [2.75, 3.05) is 37.0 Å². The Balaban J connectivity index is 1.21. The van der Waals surface area contributed by atoms with Gasteiger partial charge in [0.25, 0.3) is 0 Å². The van der Waals surface area contributed by atoms with Gasteiger partial charge in [-0.15, -0.1) is 5.10 Å². The fourth-order valence-electron chi connectivity index (χ4n) is 5.60. The van der Waals surface area contributed by atoms with Crippen molar-refractivity contribution in [3.05, 3.63) is 59.3 Å². The molecule has 2 aliphatic heterocycles. The van der Waals surface area contributed by atoms with Gasteiger partial charge in [-0.05, 0) is 42.9 Å². The Morgan fingerprint density at radius 2 is 1.89 bits per heavy atom. The average Bonchev–Trinajstić information content (AvgIpc) is 3.38. The number of hydrogen-bond donors (Lipinski definition) is 1. The number of benzene rings is 1. The average molecular weight is 486 g/mol. The Morgan fingerprint density at radius 1 is 1.09 bits per heavy atom. The fourth-order valence-corrected chi connectivity index (χ4v) is 5.60. The number of methoxy groups -OCH3 is 1. The first kappa shape index (κ1) is 22.1. The minimum atomic E-state index is -1.52. The lowest BCUT2D eigenvalue weighted by Gasteiger charge is -2.39. The van der Waals surface area contributed by atoms with E-state index in [2.05, 4.69) is 25.3 Å². The number of hydrogen-bond acceptors (Lipinski definition) is 7. The highest BCUT2D eigenvalue weighted by molar-refractivity contribution is 5.49. The summed E-state index contributed by atoms with van der Waals surface area (Å²) in [4.78, 5) is 11.2. The standard InChI is InChI=1S/C24H25F3N6O2/c1-34-18-10-15(6-7-28-18)32-11-13-2-3-14(12-32)21(13)29-24-30-23-22(35-9-8-33(23)31-24)16-4-5-17(25)20(27)19(16)26/h4-7,10,13-14,21-22H,2-3,8-9,11-12H2,1H3,(H,29,31)/t13-,14+,21?,22-/m1/s1. The Bertz CT molecular complexity index is 1240. The van der Waals surface area contributed by atoms with Crippen molar-refractivity contribution in [1.82, 2.24) is 19.7 Å². The van der Waals surface area contributed by atoms with Crippen molar-refractivity contribution in [2.24, 2.45) is 11.8 Å². The highest BCUT2D eigenvalue weighted by atomic mass is 19.2. The molecule has 2 aromatic heterocycles. The first-order chi connectivity index (χ1) is 17.0. The molecule has 2 fully saturated rings. The third kappa shape index (κ3) is 3.87. The van der Waals surface area contributed by atoms with E-state index in [4.69, 9.17) is 9.47 Å². The van der Waals surface area contributed by atoms with Gasteiger partial charge in [-0.25, -0.2) is 22.8 Å². The maximum Gasteiger partial charge on any atom is 0.242 e. The minimum absolute atomic E-state index is 0.0926. The van der Waals surface area contributed by atoms with E-state index in [0.29, 0.717) is 36.0 Å². The highest BCUT2D eigenvalue weighted by Gasteiger charge is 2.43. The molecule has 4 heterocycles. The summed E-state index contributed by atoms with van der Waals surface area (Å²) in [5, 5.41) is 8.08. The SMILES string of the molecule is COc1cc(N2C[C@H]3CC[C@@H](C2)C3Nc2nc3n(n2)CCO[C@@H]3c2ccc(F)c(F)c2F)ccn1. The molecule has 1 unspecified atom stereocenters. The fraction of sp³-hybridized carbons (Fsp3) is 0.458. The number of nitrogens with zero attached hydrogens (tertiary/aromatic N) is 5. The highest BCUT2D eigenvalue weighted by Crippen LogP contribution is 2.40. The van der Waals surface area contributed by atoms with Gasteiger partial charge in [0.1, 0.15) is 6.10 Å². The molecular weight excluding hydrogens is 461 g/mol. The second kappa shape index (κ2) is 8.71. The van der Waals surface area contributed by atoms with Crippen LogP contribution >= 0.6 is 0 Å². The van der Waals surface area contributed by atoms with Crippen LogP contribution in [0, 0.1) is 29.3 Å². The van der Waals surface area contributed by atoms with E-state index >= 15 is 0 Å². The zero-order valence-corrected chi connectivity index (χ0v) is 19.1. The molecule has 184 valence electrons. The van der Waals surface area contributed by atoms with E-state index in [9.17, 15) is 13.2 Å². The summed E-state index contributed by atoms with van der Waals surface area (Å²) in [6.45, 7) is 2.49. The van der Waals surface area contributed by atoms with Crippen LogP contribution in [0.25, 0.3) is 0 Å². The van der Waals surface area contributed by atoms with Crippen molar-refractivity contribution >= 4 is 11.6 Å². The normalized spacial score (nSPS) is 25.4. The van der Waals surface area contributed by atoms with Crippen molar-refractivity contribution < 1.29 is 22.6 Å². The van der Waals surface area contributed by atoms with E-state index in [1.807, 2.05) is 12.1 Å². The Labute approximate surface area is 200 Å². The molecule has 1 aromatic carbocycles. The minimum Gasteiger partial charge on any atom is -0.481 e. The van der Waals surface area contributed by atoms with Crippen LogP contribution in [0.3, 0.4) is 0 Å². The third-order valence-electron chi connectivity index (χ3n) is 7.29. The molecule has 8 nitrogen and oxygen atoms in total. The Kier molecular flexibility index (Phi) is 5.51. The van der Waals surface area contributed by atoms with E-state index in [-0.39, 0.29) is 18.2 Å². The molecule has 0 amide bonds. The maximum atomic E-state index is 14.5. The number of rotatable bonds is 5. The summed E-state index contributed by atoms with van der Waals surface area (Å²) in [5.41, 5.74) is 1.00. The van der Waals surface area contributed by atoms with Crippen molar-refractivity contribution in [2.45, 2.75) is 31.5 Å². The van der Waals surface area contributed by atoms with Crippen LogP contribution in [-0.2, 0) is 11.3 Å². The number of aromatic nitrogens is 4. The lowest BCUT2D eigenvalue weighted by molar-refractivity contribution is 0.0364. The lowest BCUT2D eigenvalue weighted by atomic mass is 9.92. The van der Waals surface area contributed by atoms with Crippen LogP contribution in [0.5, 0.6) is 5.88 Å². The van der Waals surface area contributed by atoms with Crippen molar-refractivity contribution in [3.63, 3.8) is 0 Å². The zero-order valence-electron chi connectivity index (χ0n) is 19.1. The van der Waals surface area contributed by atoms with Gasteiger partial charge in [0, 0.05) is 42.6 Å². The Hall–Kier alpha value is -3.34. The summed E-state index contributed by atoms with van der Waals surface area (Å²) in [6.07, 6.45) is 3.00. The molecule has 1 aliphatic carbocycles. The summed E-state index contributed by atoms with van der Waals surface area (Å²) >= 11 is 0. The van der Waals surface area contributed by atoms with Gasteiger partial charge in [0.15, 0.2) is 23.3 Å². The summed E-state index contributed by atoms with van der Waals surface area (Å²) < 4.78 is 54.4. The van der Waals surface area contributed by atoms with E-state index in [1.165, 1.54) is 6.07 Å². The van der Waals surface area contributed by atoms with Gasteiger partial charge in [0.05, 0.1) is 20.3 Å². The second-order valence-corrected chi connectivity index (χ2v) is 9.26. The molecule has 1 N–H and O–H groups in total. The molecule has 3 aliphatic rings. The van der Waals surface area contributed by atoms with Crippen LogP contribution in [0.1, 0.15) is 30.3 Å². The number of halogens is 3. The number of piperidine rings is 1. The summed E-state index contributed by atoms with van der Waals surface area (Å²) in [6, 6.07) is 6.25. The van der Waals surface area contributed by atoms with Crippen molar-refractivity contribution in [1.29, 1.82) is 0 Å². The molecule has 0 spiro atoms. The maximum absolute atomic E-state index is 14.5. The van der Waals surface area contributed by atoms with Gasteiger partial charge in [-0.3, -0.25) is 0 Å². The van der Waals surface area contributed by atoms with Gasteiger partial charge in [-0.2, -0.15) is 4.98 Å². The van der Waals surface area contributed by atoms with Crippen LogP contribution in [-0.4, -0.2) is 52.6 Å². The first-order valence-electron chi connectivity index (χ1n) is 11.7. The predicted molar refractivity (Wildman–Crippen MR) is 121 cm³/mol. The molecule has 1 saturated carbocycles. The molecule has 1 saturated heterocycles. The first-order valence-corrected chi connectivity index (χ1v) is 11.7. The van der Waals surface area contributed by atoms with E-state index in [1.54, 1.807) is 18.0 Å². The van der Waals surface area contributed by atoms with E-state index < -0.39 is 23.6 Å². The van der Waals surface area contributed by atoms with Gasteiger partial charge < -0.3 is 19.7 Å². The zero-order chi connectivity index (χ0) is 24.1. The number of nitrogens with one attached hydrogen (secondary N) is 1. The Morgan fingerprint density at radius 3 is 2.66 bits per heavy atom. The number of fused-ring (bicyclic) bond motifs is 3. The second-order valence-electron chi connectivity index (χ2n) is 9.26. The quantitative estimate of drug-likeness (QED) is 0.553. The predicted octanol–water partition coefficient (Wildman–Crippen LogP) is 3.55. The molecule has 35 heavy (non-hydrogen) atoms. The smallest absolute Gasteiger partial charge is 0.242 e. The topological polar surface area (TPSA) is 77.3 Å². The van der Waals surface area contributed by atoms with Crippen LogP contribution < -0.4 is 15.0 Å². The number of pyridine rings is 1. The number of anilines is 2. The number of ether oxygens (including phenoxy) is 2. The molecule has 3 aromatic rings. The lowest BCUT2D eigenvalue weighted by Crippen LogP contribution is -2.48. The third-order valence-corrected chi connectivity index (χ3v) is 7.29. The molecular formula is C24H25F3N6O2. The molecule has 0 radical (unpaired) electrons. The van der Waals surface area contributed by atoms with Gasteiger partial charge in [-0.1, -0.05) is 0 Å². The van der Waals surface area contributed by atoms with Crippen LogP contribution in [0.15, 0.2) is 30.5 Å². The van der Waals surface area contributed by atoms with Gasteiger partial charge >= 0.3 is 0 Å². The molecule has 2 bridgehead atoms. The molecule has 6 rings (SSSR count). The van der Waals surface area contributed by atoms with Gasteiger partial charge in [0.2, 0.25) is 11.8 Å². The van der Waals surface area contributed by atoms with Crippen LogP contribution in [0.2, 0.25) is 0 Å². The van der Waals surface area contributed by atoms with Crippen LogP contribution in [0.4, 0.5) is 24.8 Å². The summed E-state index contributed by atoms with van der Waals surface area (Å²) in [5.74, 6) is -1.80. The van der Waals surface area contributed by atoms with E-state index in [0.717, 1.165) is 37.7 Å². The summed E-state index contributed by atoms with van der Waals surface area (Å²) in [7, 11) is 1.61. The largest absolute Gasteiger partial charge is 0.481 e. The molecule has 11 heteroatoms.